The predicted molar refractivity (Wildman–Crippen MR) is 65.9 cm³/mol. The molecule has 0 aliphatic rings. The third-order valence-corrected chi connectivity index (χ3v) is 4.34. The molecule has 84 valence electrons. The maximum atomic E-state index is 10.3. The van der Waals surface area contributed by atoms with Crippen LogP contribution in [0.2, 0.25) is 0 Å². The molecule has 0 fully saturated rings. The molecule has 0 saturated carbocycles. The lowest BCUT2D eigenvalue weighted by atomic mass is 10.1. The minimum Gasteiger partial charge on any atom is -0.481 e. The van der Waals surface area contributed by atoms with Gasteiger partial charge in [0.1, 0.15) is 0 Å². The van der Waals surface area contributed by atoms with Gasteiger partial charge in [-0.3, -0.25) is 4.79 Å². The zero-order valence-electron chi connectivity index (χ0n) is 8.99. The highest BCUT2D eigenvalue weighted by Gasteiger charge is 2.07. The number of carbonyl (C=O) groups is 1. The fourth-order valence-electron chi connectivity index (χ4n) is 1.35. The molecule has 0 aliphatic carbocycles. The van der Waals surface area contributed by atoms with Crippen LogP contribution in [0.5, 0.6) is 0 Å². The Balaban J connectivity index is 3.44. The number of hydrogen-bond donors (Lipinski definition) is 1. The molecule has 2 nitrogen and oxygen atoms in total. The molecule has 0 rings (SSSR count). The Labute approximate surface area is 94.6 Å². The summed E-state index contributed by atoms with van der Waals surface area (Å²) in [4.78, 5) is 10.3. The first-order valence-corrected chi connectivity index (χ1v) is 7.74. The zero-order valence-corrected chi connectivity index (χ0v) is 10.6. The lowest BCUT2D eigenvalue weighted by Gasteiger charge is -2.13. The highest BCUT2D eigenvalue weighted by Crippen LogP contribution is 2.30. The van der Waals surface area contributed by atoms with Gasteiger partial charge in [0.15, 0.2) is 0 Å². The molecular weight excluding hydrogens is 216 g/mol. The Hall–Kier alpha value is 0.170. The molecule has 0 aromatic heterocycles. The van der Waals surface area contributed by atoms with Crippen LogP contribution >= 0.6 is 21.6 Å². The van der Waals surface area contributed by atoms with Crippen molar-refractivity contribution in [1.82, 2.24) is 0 Å². The lowest BCUT2D eigenvalue weighted by molar-refractivity contribution is -0.137. The second-order valence-electron chi connectivity index (χ2n) is 3.31. The predicted octanol–water partition coefficient (Wildman–Crippen LogP) is 3.81. The van der Waals surface area contributed by atoms with Crippen molar-refractivity contribution < 1.29 is 9.90 Å². The van der Waals surface area contributed by atoms with Crippen LogP contribution in [0.4, 0.5) is 0 Å². The van der Waals surface area contributed by atoms with Crippen LogP contribution in [0.1, 0.15) is 45.4 Å². The molecule has 0 spiro atoms. The standard InChI is InChI=1S/C10H20O2S2/c1-3-6-9(14-13-2)7-4-5-8-10(11)12/h9H,3-8H2,1-2H3,(H,11,12). The zero-order chi connectivity index (χ0) is 10.8. The lowest BCUT2D eigenvalue weighted by Crippen LogP contribution is -2.01. The van der Waals surface area contributed by atoms with Gasteiger partial charge in [0.25, 0.3) is 0 Å². The molecule has 1 N–H and O–H groups in total. The topological polar surface area (TPSA) is 37.3 Å². The van der Waals surface area contributed by atoms with Crippen LogP contribution in [0.3, 0.4) is 0 Å². The van der Waals surface area contributed by atoms with E-state index in [0.717, 1.165) is 19.3 Å². The summed E-state index contributed by atoms with van der Waals surface area (Å²) in [6.45, 7) is 2.20. The van der Waals surface area contributed by atoms with E-state index in [-0.39, 0.29) is 0 Å². The highest BCUT2D eigenvalue weighted by atomic mass is 33.1. The SMILES string of the molecule is CCCC(CCCCC(=O)O)SSC. The van der Waals surface area contributed by atoms with Crippen molar-refractivity contribution in [2.75, 3.05) is 6.26 Å². The van der Waals surface area contributed by atoms with E-state index < -0.39 is 5.97 Å². The minimum atomic E-state index is -0.672. The molecule has 0 radical (unpaired) electrons. The number of carboxylic acids is 1. The Bertz CT molecular complexity index is 145. The Morgan fingerprint density at radius 3 is 2.57 bits per heavy atom. The van der Waals surface area contributed by atoms with Crippen LogP contribution in [-0.4, -0.2) is 22.6 Å². The minimum absolute atomic E-state index is 0.322. The fraction of sp³-hybridized carbons (Fsp3) is 0.900. The van der Waals surface area contributed by atoms with E-state index in [1.807, 2.05) is 21.6 Å². The van der Waals surface area contributed by atoms with Crippen molar-refractivity contribution in [3.63, 3.8) is 0 Å². The third kappa shape index (κ3) is 8.75. The molecule has 0 aromatic rings. The first-order chi connectivity index (χ1) is 6.70. The van der Waals surface area contributed by atoms with Gasteiger partial charge in [-0.15, -0.1) is 0 Å². The van der Waals surface area contributed by atoms with E-state index in [2.05, 4.69) is 13.2 Å². The van der Waals surface area contributed by atoms with Crippen molar-refractivity contribution in [2.45, 2.75) is 50.7 Å². The number of carboxylic acid groups (broad SMARTS) is 1. The number of unbranched alkanes of at least 4 members (excludes halogenated alkanes) is 1. The molecule has 4 heteroatoms. The van der Waals surface area contributed by atoms with Gasteiger partial charge in [0, 0.05) is 11.7 Å². The number of hydrogen-bond acceptors (Lipinski definition) is 3. The molecule has 0 bridgehead atoms. The van der Waals surface area contributed by atoms with Crippen molar-refractivity contribution in [3.05, 3.63) is 0 Å². The van der Waals surface area contributed by atoms with E-state index in [9.17, 15) is 4.79 Å². The maximum absolute atomic E-state index is 10.3. The van der Waals surface area contributed by atoms with Gasteiger partial charge in [0.2, 0.25) is 0 Å². The summed E-state index contributed by atoms with van der Waals surface area (Å²) >= 11 is 0. The quantitative estimate of drug-likeness (QED) is 0.488. The van der Waals surface area contributed by atoms with E-state index in [4.69, 9.17) is 5.11 Å². The van der Waals surface area contributed by atoms with Gasteiger partial charge < -0.3 is 5.11 Å². The molecular formula is C10H20O2S2. The van der Waals surface area contributed by atoms with Crippen molar-refractivity contribution in [1.29, 1.82) is 0 Å². The molecule has 14 heavy (non-hydrogen) atoms. The van der Waals surface area contributed by atoms with Gasteiger partial charge in [-0.2, -0.15) is 0 Å². The Kier molecular flexibility index (Phi) is 9.83. The molecule has 1 atom stereocenters. The average Bonchev–Trinajstić information content (AvgIpc) is 2.12. The summed E-state index contributed by atoms with van der Waals surface area (Å²) in [5.74, 6) is -0.672. The summed E-state index contributed by atoms with van der Waals surface area (Å²) in [7, 11) is 3.74. The molecule has 0 aliphatic heterocycles. The second kappa shape index (κ2) is 9.71. The van der Waals surface area contributed by atoms with Gasteiger partial charge in [-0.25, -0.2) is 0 Å². The van der Waals surface area contributed by atoms with Gasteiger partial charge in [-0.1, -0.05) is 41.4 Å². The smallest absolute Gasteiger partial charge is 0.303 e. The van der Waals surface area contributed by atoms with Gasteiger partial charge >= 0.3 is 5.97 Å². The molecule has 0 aromatic carbocycles. The van der Waals surface area contributed by atoms with Crippen molar-refractivity contribution >= 4 is 27.6 Å². The molecule has 0 amide bonds. The fourth-order valence-corrected chi connectivity index (χ4v) is 3.61. The second-order valence-corrected chi connectivity index (χ2v) is 6.08. The molecule has 1 unspecified atom stereocenters. The number of aliphatic carboxylic acids is 1. The van der Waals surface area contributed by atoms with Crippen LogP contribution in [0.15, 0.2) is 0 Å². The largest absolute Gasteiger partial charge is 0.481 e. The normalized spacial score (nSPS) is 12.7. The summed E-state index contributed by atoms with van der Waals surface area (Å²) in [5, 5.41) is 9.19. The van der Waals surface area contributed by atoms with Crippen molar-refractivity contribution in [2.24, 2.45) is 0 Å². The molecule has 0 saturated heterocycles. The van der Waals surface area contributed by atoms with E-state index in [1.54, 1.807) is 0 Å². The summed E-state index contributed by atoms with van der Waals surface area (Å²) in [6.07, 6.45) is 7.92. The Morgan fingerprint density at radius 1 is 1.36 bits per heavy atom. The monoisotopic (exact) mass is 236 g/mol. The third-order valence-electron chi connectivity index (χ3n) is 2.01. The van der Waals surface area contributed by atoms with Crippen molar-refractivity contribution in [3.8, 4) is 0 Å². The van der Waals surface area contributed by atoms with E-state index in [1.165, 1.54) is 12.8 Å². The average molecular weight is 236 g/mol. The van der Waals surface area contributed by atoms with Crippen LogP contribution in [-0.2, 0) is 4.79 Å². The maximum Gasteiger partial charge on any atom is 0.303 e. The van der Waals surface area contributed by atoms with E-state index >= 15 is 0 Å². The van der Waals surface area contributed by atoms with Crippen LogP contribution in [0, 0.1) is 0 Å². The summed E-state index contributed by atoms with van der Waals surface area (Å²) in [6, 6.07) is 0. The van der Waals surface area contributed by atoms with Crippen LogP contribution < -0.4 is 0 Å². The first kappa shape index (κ1) is 14.2. The van der Waals surface area contributed by atoms with E-state index in [0.29, 0.717) is 11.7 Å². The van der Waals surface area contributed by atoms with Crippen LogP contribution in [0.25, 0.3) is 0 Å². The summed E-state index contributed by atoms with van der Waals surface area (Å²) in [5.41, 5.74) is 0. The number of rotatable bonds is 9. The van der Waals surface area contributed by atoms with Gasteiger partial charge in [-0.05, 0) is 25.5 Å². The highest BCUT2D eigenvalue weighted by molar-refractivity contribution is 8.76. The first-order valence-electron chi connectivity index (χ1n) is 5.12. The van der Waals surface area contributed by atoms with Gasteiger partial charge in [0.05, 0.1) is 0 Å². The summed E-state index contributed by atoms with van der Waals surface area (Å²) < 4.78 is 0. The molecule has 0 heterocycles. The Morgan fingerprint density at radius 2 is 2.07 bits per heavy atom.